The number of ether oxygens (including phenoxy) is 1. The van der Waals surface area contributed by atoms with Crippen molar-refractivity contribution in [1.29, 1.82) is 0 Å². The van der Waals surface area contributed by atoms with Crippen molar-refractivity contribution in [2.24, 2.45) is 0 Å². The summed E-state index contributed by atoms with van der Waals surface area (Å²) in [5, 5.41) is 15.2. The molecule has 1 fully saturated rings. The molecule has 1 saturated carbocycles. The van der Waals surface area contributed by atoms with Crippen molar-refractivity contribution in [3.8, 4) is 0 Å². The summed E-state index contributed by atoms with van der Waals surface area (Å²) in [5.41, 5.74) is 0. The first kappa shape index (κ1) is 16.6. The molecule has 0 radical (unpaired) electrons. The van der Waals surface area contributed by atoms with Gasteiger partial charge in [-0.05, 0) is 13.8 Å². The fraction of sp³-hybridized carbons (Fsp3) is 0.667. The lowest BCUT2D eigenvalue weighted by Crippen LogP contribution is -1.85. The molecule has 3 heteroatoms. The summed E-state index contributed by atoms with van der Waals surface area (Å²) in [4.78, 5) is 0. The van der Waals surface area contributed by atoms with Crippen LogP contribution >= 0.6 is 0 Å². The van der Waals surface area contributed by atoms with Gasteiger partial charge in [0.05, 0.1) is 24.7 Å². The Morgan fingerprint density at radius 1 is 0.933 bits per heavy atom. The Kier molecular flexibility index (Phi) is 14.6. The minimum atomic E-state index is -0.125. The maximum atomic E-state index is 7.62. The van der Waals surface area contributed by atoms with Crippen molar-refractivity contribution < 1.29 is 14.9 Å². The minimum absolute atomic E-state index is 0.125. The third-order valence-corrected chi connectivity index (χ3v) is 1.45. The summed E-state index contributed by atoms with van der Waals surface area (Å²) in [7, 11) is 0. The first-order chi connectivity index (χ1) is 7.04. The van der Waals surface area contributed by atoms with E-state index in [0.717, 1.165) is 0 Å². The lowest BCUT2D eigenvalue weighted by Gasteiger charge is -2.05. The van der Waals surface area contributed by atoms with Crippen LogP contribution in [0.2, 0.25) is 0 Å². The Labute approximate surface area is 93.1 Å². The van der Waals surface area contributed by atoms with Gasteiger partial charge in [-0.3, -0.25) is 0 Å². The topological polar surface area (TPSA) is 49.7 Å². The minimum Gasteiger partial charge on any atom is -0.468 e. The van der Waals surface area contributed by atoms with Gasteiger partial charge in [0.2, 0.25) is 0 Å². The van der Waals surface area contributed by atoms with Crippen molar-refractivity contribution in [3.63, 3.8) is 0 Å². The summed E-state index contributed by atoms with van der Waals surface area (Å²) in [6.45, 7) is 10.3. The number of aliphatic hydroxyl groups is 2. The van der Waals surface area contributed by atoms with Crippen molar-refractivity contribution in [2.75, 3.05) is 13.2 Å². The lowest BCUT2D eigenvalue weighted by atomic mass is 10.0. The molecule has 0 amide bonds. The Bertz CT molecular complexity index is 142. The molecular weight excluding hydrogens is 192 g/mol. The van der Waals surface area contributed by atoms with E-state index in [1.165, 1.54) is 25.7 Å². The van der Waals surface area contributed by atoms with Gasteiger partial charge < -0.3 is 14.9 Å². The summed E-state index contributed by atoms with van der Waals surface area (Å²) in [6.07, 6.45) is 6.00. The van der Waals surface area contributed by atoms with Crippen molar-refractivity contribution in [3.05, 3.63) is 24.7 Å². The van der Waals surface area contributed by atoms with Gasteiger partial charge in [-0.25, -0.2) is 0 Å². The molecule has 0 aromatic heterocycles. The molecule has 90 valence electrons. The second kappa shape index (κ2) is 13.2. The molecular formula is C12H24O3. The Hall–Kier alpha value is -0.800. The summed E-state index contributed by atoms with van der Waals surface area (Å²) >= 11 is 0. The molecule has 3 nitrogen and oxygen atoms in total. The normalized spacial score (nSPS) is 12.0. The highest BCUT2D eigenvalue weighted by Gasteiger charge is 1.95. The zero-order chi connectivity index (χ0) is 12.1. The van der Waals surface area contributed by atoms with E-state index in [1.54, 1.807) is 13.8 Å². The van der Waals surface area contributed by atoms with Crippen LogP contribution in [0.15, 0.2) is 24.7 Å². The van der Waals surface area contributed by atoms with Gasteiger partial charge >= 0.3 is 0 Å². The van der Waals surface area contributed by atoms with Crippen molar-refractivity contribution in [2.45, 2.75) is 39.5 Å². The monoisotopic (exact) mass is 216 g/mol. The second-order valence-corrected chi connectivity index (χ2v) is 3.37. The van der Waals surface area contributed by atoms with E-state index in [1.807, 2.05) is 0 Å². The van der Waals surface area contributed by atoms with Crippen LogP contribution in [0.4, 0.5) is 0 Å². The number of hydrogen-bond donors (Lipinski definition) is 2. The van der Waals surface area contributed by atoms with Gasteiger partial charge in [-0.2, -0.15) is 0 Å². The van der Waals surface area contributed by atoms with E-state index in [0.29, 0.717) is 11.5 Å². The summed E-state index contributed by atoms with van der Waals surface area (Å²) < 4.78 is 4.86. The third kappa shape index (κ3) is 24.6. The van der Waals surface area contributed by atoms with Crippen LogP contribution in [0.1, 0.15) is 39.5 Å². The van der Waals surface area contributed by atoms with E-state index in [9.17, 15) is 0 Å². The lowest BCUT2D eigenvalue weighted by molar-refractivity contribution is 0.186. The molecule has 1 aliphatic carbocycles. The van der Waals surface area contributed by atoms with E-state index >= 15 is 0 Å². The Balaban J connectivity index is 0. The first-order valence-electron chi connectivity index (χ1n) is 5.25. The molecule has 0 unspecified atom stereocenters. The van der Waals surface area contributed by atoms with E-state index < -0.39 is 0 Å². The predicted octanol–water partition coefficient (Wildman–Crippen LogP) is 2.60. The van der Waals surface area contributed by atoms with Crippen LogP contribution in [0.25, 0.3) is 0 Å². The number of rotatable bonds is 3. The average Bonchev–Trinajstić information content (AvgIpc) is 1.99. The van der Waals surface area contributed by atoms with Gasteiger partial charge in [-0.15, -0.1) is 0 Å². The van der Waals surface area contributed by atoms with Crippen LogP contribution in [0, 0.1) is 0 Å². The highest BCUT2D eigenvalue weighted by Crippen LogP contribution is 2.15. The van der Waals surface area contributed by atoms with Crippen LogP contribution in [-0.2, 0) is 4.74 Å². The van der Waals surface area contributed by atoms with Crippen LogP contribution in [0.5, 0.6) is 0 Å². The zero-order valence-corrected chi connectivity index (χ0v) is 9.96. The molecule has 1 aliphatic rings. The van der Waals surface area contributed by atoms with Crippen LogP contribution in [-0.4, -0.2) is 23.4 Å². The Morgan fingerprint density at radius 3 is 1.20 bits per heavy atom. The van der Waals surface area contributed by atoms with Gasteiger partial charge in [0.15, 0.2) is 0 Å². The molecule has 0 aromatic rings. The van der Waals surface area contributed by atoms with Crippen molar-refractivity contribution >= 4 is 0 Å². The molecule has 0 aromatic carbocycles. The number of aliphatic hydroxyl groups excluding tert-OH is 2. The molecule has 0 spiro atoms. The van der Waals surface area contributed by atoms with E-state index in [-0.39, 0.29) is 13.2 Å². The molecule has 15 heavy (non-hydrogen) atoms. The van der Waals surface area contributed by atoms with Gasteiger partial charge in [0, 0.05) is 0 Å². The smallest absolute Gasteiger partial charge is 0.0933 e. The van der Waals surface area contributed by atoms with Crippen LogP contribution in [0.3, 0.4) is 0 Å². The van der Waals surface area contributed by atoms with Crippen LogP contribution < -0.4 is 0 Å². The molecule has 0 heterocycles. The van der Waals surface area contributed by atoms with Gasteiger partial charge in [-0.1, -0.05) is 38.8 Å². The SMILES string of the molecule is C1CCC1.C=C(C)OC(=C)C.OCCO. The standard InChI is InChI=1S/C6H10O.C4H8.C2H6O2/c1-5(2)7-6(3)4;1-2-4-3-1;3-1-2-4/h1,3H2,2,4H3;1-4H2;3-4H,1-2H2. The quantitative estimate of drug-likeness (QED) is 0.713. The fourth-order valence-corrected chi connectivity index (χ4v) is 0.547. The zero-order valence-electron chi connectivity index (χ0n) is 9.96. The molecule has 0 atom stereocenters. The van der Waals surface area contributed by atoms with Crippen molar-refractivity contribution in [1.82, 2.24) is 0 Å². The Morgan fingerprint density at radius 2 is 1.20 bits per heavy atom. The first-order valence-corrected chi connectivity index (χ1v) is 5.25. The second-order valence-electron chi connectivity index (χ2n) is 3.37. The third-order valence-electron chi connectivity index (χ3n) is 1.45. The maximum Gasteiger partial charge on any atom is 0.0933 e. The van der Waals surface area contributed by atoms with Gasteiger partial charge in [0.25, 0.3) is 0 Å². The number of hydrogen-bond acceptors (Lipinski definition) is 3. The highest BCUT2D eigenvalue weighted by atomic mass is 16.5. The molecule has 0 bridgehead atoms. The molecule has 0 aliphatic heterocycles. The maximum absolute atomic E-state index is 7.62. The average molecular weight is 216 g/mol. The van der Waals surface area contributed by atoms with Gasteiger partial charge in [0.1, 0.15) is 0 Å². The predicted molar refractivity (Wildman–Crippen MR) is 63.4 cm³/mol. The highest BCUT2D eigenvalue weighted by molar-refractivity contribution is 4.85. The summed E-state index contributed by atoms with van der Waals surface area (Å²) in [6, 6.07) is 0. The van der Waals surface area contributed by atoms with E-state index in [2.05, 4.69) is 13.2 Å². The molecule has 1 rings (SSSR count). The number of allylic oxidation sites excluding steroid dienone is 2. The fourth-order valence-electron chi connectivity index (χ4n) is 0.547. The largest absolute Gasteiger partial charge is 0.468 e. The summed E-state index contributed by atoms with van der Waals surface area (Å²) in [5.74, 6) is 1.38. The molecule has 2 N–H and O–H groups in total. The van der Waals surface area contributed by atoms with E-state index in [4.69, 9.17) is 14.9 Å². The molecule has 0 saturated heterocycles.